The fourth-order valence-electron chi connectivity index (χ4n) is 2.24. The molecule has 0 aliphatic rings. The first-order chi connectivity index (χ1) is 9.56. The van der Waals surface area contributed by atoms with E-state index >= 15 is 0 Å². The number of carbonyl (C=O) groups is 1. The first-order valence-corrected chi connectivity index (χ1v) is 8.04. The third-order valence-corrected chi connectivity index (χ3v) is 4.78. The summed E-state index contributed by atoms with van der Waals surface area (Å²) in [7, 11) is 0. The van der Waals surface area contributed by atoms with Crippen LogP contribution in [0.25, 0.3) is 10.1 Å². The van der Waals surface area contributed by atoms with Gasteiger partial charge in [0.2, 0.25) is 0 Å². The molecule has 0 fully saturated rings. The van der Waals surface area contributed by atoms with Gasteiger partial charge >= 0.3 is 0 Å². The Hall–Kier alpha value is -1.26. The lowest BCUT2D eigenvalue weighted by atomic mass is 10.1. The monoisotopic (exact) mass is 310 g/mol. The number of halogens is 1. The average molecular weight is 311 g/mol. The number of hydrogen-bond donors (Lipinski definition) is 2. The van der Waals surface area contributed by atoms with Gasteiger partial charge in [0.15, 0.2) is 0 Å². The van der Waals surface area contributed by atoms with Crippen molar-refractivity contribution in [2.24, 2.45) is 0 Å². The molecule has 1 aromatic carbocycles. The van der Waals surface area contributed by atoms with Gasteiger partial charge in [-0.2, -0.15) is 0 Å². The van der Waals surface area contributed by atoms with Crippen LogP contribution in [-0.4, -0.2) is 11.9 Å². The topological polar surface area (TPSA) is 55.1 Å². The molecular formula is C15H19ClN2OS. The number of amides is 1. The van der Waals surface area contributed by atoms with Crippen LogP contribution in [0.15, 0.2) is 18.2 Å². The zero-order valence-electron chi connectivity index (χ0n) is 11.7. The number of fused-ring (bicyclic) bond motifs is 1. The van der Waals surface area contributed by atoms with Crippen molar-refractivity contribution in [1.29, 1.82) is 0 Å². The lowest BCUT2D eigenvalue weighted by Crippen LogP contribution is -2.34. The molecule has 20 heavy (non-hydrogen) atoms. The van der Waals surface area contributed by atoms with Crippen LogP contribution in [0.5, 0.6) is 0 Å². The van der Waals surface area contributed by atoms with E-state index in [1.165, 1.54) is 11.3 Å². The van der Waals surface area contributed by atoms with Crippen LogP contribution in [-0.2, 0) is 0 Å². The van der Waals surface area contributed by atoms with E-state index in [1.807, 2.05) is 18.2 Å². The fourth-order valence-corrected chi connectivity index (χ4v) is 3.41. The Morgan fingerprint density at radius 2 is 2.20 bits per heavy atom. The number of thiophene rings is 1. The van der Waals surface area contributed by atoms with Gasteiger partial charge in [0, 0.05) is 21.2 Å². The first kappa shape index (κ1) is 15.1. The molecule has 0 radical (unpaired) electrons. The highest BCUT2D eigenvalue weighted by molar-refractivity contribution is 7.21. The van der Waals surface area contributed by atoms with Gasteiger partial charge in [-0.25, -0.2) is 0 Å². The molecule has 3 N–H and O–H groups in total. The highest BCUT2D eigenvalue weighted by Crippen LogP contribution is 2.35. The lowest BCUT2D eigenvalue weighted by Gasteiger charge is -2.15. The molecule has 1 heterocycles. The van der Waals surface area contributed by atoms with Crippen LogP contribution < -0.4 is 11.1 Å². The highest BCUT2D eigenvalue weighted by atomic mass is 35.5. The van der Waals surface area contributed by atoms with Gasteiger partial charge in [0.25, 0.3) is 5.91 Å². The Morgan fingerprint density at radius 1 is 1.45 bits per heavy atom. The van der Waals surface area contributed by atoms with Crippen LogP contribution in [0, 0.1) is 0 Å². The maximum atomic E-state index is 12.4. The Morgan fingerprint density at radius 3 is 2.85 bits per heavy atom. The summed E-state index contributed by atoms with van der Waals surface area (Å²) in [5.74, 6) is -0.0832. The Bertz CT molecular complexity index is 624. The number of nitrogens with one attached hydrogen (secondary N) is 1. The van der Waals surface area contributed by atoms with Crippen molar-refractivity contribution in [3.63, 3.8) is 0 Å². The number of anilines is 1. The molecule has 1 aromatic heterocycles. The molecule has 2 aromatic rings. The van der Waals surface area contributed by atoms with Gasteiger partial charge in [-0.05, 0) is 31.0 Å². The van der Waals surface area contributed by atoms with Crippen molar-refractivity contribution < 1.29 is 4.79 Å². The van der Waals surface area contributed by atoms with Crippen LogP contribution in [0.2, 0.25) is 5.02 Å². The van der Waals surface area contributed by atoms with Crippen LogP contribution >= 0.6 is 22.9 Å². The average Bonchev–Trinajstić information content (AvgIpc) is 2.75. The summed E-state index contributed by atoms with van der Waals surface area (Å²) in [5, 5.41) is 4.55. The smallest absolute Gasteiger partial charge is 0.263 e. The van der Waals surface area contributed by atoms with E-state index in [-0.39, 0.29) is 11.9 Å². The van der Waals surface area contributed by atoms with Crippen molar-refractivity contribution in [3.05, 3.63) is 28.1 Å². The van der Waals surface area contributed by atoms with E-state index < -0.39 is 0 Å². The van der Waals surface area contributed by atoms with Gasteiger partial charge in [-0.15, -0.1) is 11.3 Å². The second-order valence-corrected chi connectivity index (χ2v) is 6.34. The maximum Gasteiger partial charge on any atom is 0.263 e. The van der Waals surface area contributed by atoms with Crippen LogP contribution in [0.1, 0.15) is 42.8 Å². The van der Waals surface area contributed by atoms with E-state index in [4.69, 9.17) is 17.3 Å². The first-order valence-electron chi connectivity index (χ1n) is 6.85. The third-order valence-electron chi connectivity index (χ3n) is 3.36. The quantitative estimate of drug-likeness (QED) is 0.857. The van der Waals surface area contributed by atoms with E-state index in [1.54, 1.807) is 0 Å². The largest absolute Gasteiger partial charge is 0.397 e. The standard InChI is InChI=1S/C15H19ClN2OS/c1-3-5-10(4-2)18-15(19)14-13(17)11-8-9(16)6-7-12(11)20-14/h6-8,10H,3-5,17H2,1-2H3,(H,18,19). The Labute approximate surface area is 128 Å². The molecule has 2 rings (SSSR count). The molecule has 0 saturated carbocycles. The predicted molar refractivity (Wildman–Crippen MR) is 87.7 cm³/mol. The molecule has 1 amide bonds. The normalized spacial score (nSPS) is 12.6. The minimum Gasteiger partial charge on any atom is -0.397 e. The molecule has 0 bridgehead atoms. The summed E-state index contributed by atoms with van der Waals surface area (Å²) in [6.45, 7) is 4.19. The summed E-state index contributed by atoms with van der Waals surface area (Å²) in [5.41, 5.74) is 6.62. The Kier molecular flexibility index (Phi) is 4.89. The SMILES string of the molecule is CCCC(CC)NC(=O)c1sc2ccc(Cl)cc2c1N. The molecule has 0 spiro atoms. The van der Waals surface area contributed by atoms with E-state index in [0.29, 0.717) is 15.6 Å². The zero-order chi connectivity index (χ0) is 14.7. The highest BCUT2D eigenvalue weighted by Gasteiger charge is 2.18. The minimum atomic E-state index is -0.0832. The van der Waals surface area contributed by atoms with Gasteiger partial charge < -0.3 is 11.1 Å². The van der Waals surface area contributed by atoms with Crippen molar-refractivity contribution in [1.82, 2.24) is 5.32 Å². The van der Waals surface area contributed by atoms with Gasteiger partial charge in [-0.1, -0.05) is 31.9 Å². The van der Waals surface area contributed by atoms with Crippen molar-refractivity contribution in [2.75, 3.05) is 5.73 Å². The van der Waals surface area contributed by atoms with E-state index in [2.05, 4.69) is 19.2 Å². The molecule has 0 saturated heterocycles. The summed E-state index contributed by atoms with van der Waals surface area (Å²) in [4.78, 5) is 12.9. The summed E-state index contributed by atoms with van der Waals surface area (Å²) in [6.07, 6.45) is 2.96. The molecule has 5 heteroatoms. The Balaban J connectivity index is 2.28. The molecular weight excluding hydrogens is 292 g/mol. The third kappa shape index (κ3) is 3.07. The zero-order valence-corrected chi connectivity index (χ0v) is 13.3. The van der Waals surface area contributed by atoms with Gasteiger partial charge in [0.1, 0.15) is 4.88 Å². The number of rotatable bonds is 5. The van der Waals surface area contributed by atoms with Crippen molar-refractivity contribution in [3.8, 4) is 0 Å². The minimum absolute atomic E-state index is 0.0832. The molecule has 1 unspecified atom stereocenters. The van der Waals surface area contributed by atoms with E-state index in [9.17, 15) is 4.79 Å². The molecule has 1 atom stereocenters. The number of benzene rings is 1. The van der Waals surface area contributed by atoms with Crippen LogP contribution in [0.3, 0.4) is 0 Å². The van der Waals surface area contributed by atoms with Gasteiger partial charge in [-0.3, -0.25) is 4.79 Å². The molecule has 3 nitrogen and oxygen atoms in total. The van der Waals surface area contributed by atoms with E-state index in [0.717, 1.165) is 29.3 Å². The molecule has 0 aliphatic carbocycles. The number of carbonyl (C=O) groups excluding carboxylic acids is 1. The lowest BCUT2D eigenvalue weighted by molar-refractivity contribution is 0.0938. The maximum absolute atomic E-state index is 12.4. The summed E-state index contributed by atoms with van der Waals surface area (Å²) >= 11 is 7.39. The second-order valence-electron chi connectivity index (χ2n) is 4.85. The predicted octanol–water partition coefficient (Wildman–Crippen LogP) is 4.45. The number of nitrogens with two attached hydrogens (primary N) is 1. The number of hydrogen-bond acceptors (Lipinski definition) is 3. The molecule has 108 valence electrons. The van der Waals surface area contributed by atoms with Crippen LogP contribution in [0.4, 0.5) is 5.69 Å². The second kappa shape index (κ2) is 6.46. The fraction of sp³-hybridized carbons (Fsp3) is 0.400. The van der Waals surface area contributed by atoms with Crippen molar-refractivity contribution >= 4 is 44.6 Å². The summed E-state index contributed by atoms with van der Waals surface area (Å²) in [6, 6.07) is 5.73. The molecule has 0 aliphatic heterocycles. The number of nitrogen functional groups attached to an aromatic ring is 1. The van der Waals surface area contributed by atoms with Gasteiger partial charge in [0.05, 0.1) is 5.69 Å². The van der Waals surface area contributed by atoms with Crippen molar-refractivity contribution in [2.45, 2.75) is 39.2 Å². The summed E-state index contributed by atoms with van der Waals surface area (Å²) < 4.78 is 0.987.